The van der Waals surface area contributed by atoms with Gasteiger partial charge in [-0.25, -0.2) is 8.42 Å². The Hall–Kier alpha value is -3.80. The highest BCUT2D eigenvalue weighted by Gasteiger charge is 2.54. The summed E-state index contributed by atoms with van der Waals surface area (Å²) in [7, 11) is -4.58. The number of amidine groups is 1. The van der Waals surface area contributed by atoms with Crippen LogP contribution in [-0.4, -0.2) is 60.3 Å². The van der Waals surface area contributed by atoms with Gasteiger partial charge in [-0.05, 0) is 88.0 Å². The lowest BCUT2D eigenvalue weighted by Gasteiger charge is -2.47. The van der Waals surface area contributed by atoms with E-state index < -0.39 is 50.8 Å². The fourth-order valence-corrected chi connectivity index (χ4v) is 7.10. The second-order valence-corrected chi connectivity index (χ2v) is 14.5. The molecule has 11 heteroatoms. The Balaban J connectivity index is 1.88. The smallest absolute Gasteiger partial charge is 0.326 e. The summed E-state index contributed by atoms with van der Waals surface area (Å²) in [5.41, 5.74) is 11.5. The van der Waals surface area contributed by atoms with Crippen LogP contribution in [0.2, 0.25) is 0 Å². The van der Waals surface area contributed by atoms with Gasteiger partial charge in [0.1, 0.15) is 18.0 Å². The normalized spacial score (nSPS) is 18.9. The molecule has 1 aliphatic heterocycles. The lowest BCUT2D eigenvalue weighted by molar-refractivity contribution is -0.164. The molecular weight excluding hydrogens is 566 g/mol. The van der Waals surface area contributed by atoms with Crippen molar-refractivity contribution in [3.05, 3.63) is 77.9 Å². The van der Waals surface area contributed by atoms with Crippen molar-refractivity contribution in [2.45, 2.75) is 74.4 Å². The van der Waals surface area contributed by atoms with Gasteiger partial charge in [0.05, 0.1) is 10.6 Å². The summed E-state index contributed by atoms with van der Waals surface area (Å²) in [5.74, 6) is -1.83. The largest absolute Gasteiger partial charge is 0.459 e. The molecule has 1 saturated heterocycles. The van der Waals surface area contributed by atoms with Gasteiger partial charge in [-0.2, -0.15) is 0 Å². The molecule has 1 amide bonds. The number of nitrogen functional groups attached to an aromatic ring is 1. The summed E-state index contributed by atoms with van der Waals surface area (Å²) in [6.45, 7) is 7.00. The fourth-order valence-electron chi connectivity index (χ4n) is 5.45. The molecule has 0 radical (unpaired) electrons. The summed E-state index contributed by atoms with van der Waals surface area (Å²) in [6, 6.07) is 18.3. The Bertz CT molecular complexity index is 1640. The molecule has 10 nitrogen and oxygen atoms in total. The van der Waals surface area contributed by atoms with Crippen molar-refractivity contribution >= 4 is 38.3 Å². The number of nitrogens with zero attached hydrogens (tertiary/aromatic N) is 1. The first-order valence-electron chi connectivity index (χ1n) is 14.3. The number of piperidine rings is 1. The number of carbonyl (C=O) groups excluding carboxylic acids is 2. The van der Waals surface area contributed by atoms with Crippen molar-refractivity contribution in [1.29, 1.82) is 5.41 Å². The zero-order valence-corrected chi connectivity index (χ0v) is 26.0. The van der Waals surface area contributed by atoms with Crippen LogP contribution in [0.4, 0.5) is 0 Å². The van der Waals surface area contributed by atoms with Gasteiger partial charge in [0, 0.05) is 12.0 Å². The average Bonchev–Trinajstić information content (AvgIpc) is 2.94. The highest BCUT2D eigenvalue weighted by Crippen LogP contribution is 2.33. The van der Waals surface area contributed by atoms with E-state index in [9.17, 15) is 18.0 Å². The average molecular weight is 608 g/mol. The molecule has 4 rings (SSSR count). The van der Waals surface area contributed by atoms with E-state index in [4.69, 9.17) is 21.6 Å². The first-order chi connectivity index (χ1) is 20.1. The van der Waals surface area contributed by atoms with Gasteiger partial charge in [-0.15, -0.1) is 0 Å². The van der Waals surface area contributed by atoms with E-state index in [1.54, 1.807) is 70.2 Å². The number of hydrogen-bond acceptors (Lipinski definition) is 8. The van der Waals surface area contributed by atoms with E-state index in [1.165, 1.54) is 17.0 Å². The van der Waals surface area contributed by atoms with Crippen LogP contribution in [0.5, 0.6) is 0 Å². The number of amides is 1. The van der Waals surface area contributed by atoms with Crippen LogP contribution < -0.4 is 16.8 Å². The van der Waals surface area contributed by atoms with Crippen LogP contribution in [0.15, 0.2) is 71.6 Å². The number of nitrogens with one attached hydrogen (secondary N) is 2. The second-order valence-electron chi connectivity index (χ2n) is 12.3. The number of nitrogens with two attached hydrogens (primary N) is 2. The predicted molar refractivity (Wildman–Crippen MR) is 167 cm³/mol. The fraction of sp³-hybridized carbons (Fsp3) is 0.406. The Morgan fingerprint density at radius 1 is 1.02 bits per heavy atom. The molecule has 43 heavy (non-hydrogen) atoms. The number of ether oxygens (including phenoxy) is 1. The van der Waals surface area contributed by atoms with Gasteiger partial charge in [-0.3, -0.25) is 20.3 Å². The monoisotopic (exact) mass is 607 g/mol. The van der Waals surface area contributed by atoms with E-state index >= 15 is 0 Å². The minimum Gasteiger partial charge on any atom is -0.459 e. The standard InChI is InChI=1S/C32H41N5O5S/c1-30(2,3)42-27(38)21-37(31(4)16-7-8-17-36-31)29(39)32(35,20-22-10-9-13-25(18-22)28(33)34)43(40,41)26-15-14-23-11-5-6-12-24(23)19-26/h5-6,9-15,18-19,36H,7-8,16-17,20-21,35H2,1-4H3,(H3,33,34)/t31?,32-/m1/s1. The highest BCUT2D eigenvalue weighted by molar-refractivity contribution is 7.93. The first kappa shape index (κ1) is 32.1. The molecule has 0 bridgehead atoms. The number of sulfone groups is 1. The zero-order chi connectivity index (χ0) is 31.6. The molecule has 230 valence electrons. The molecule has 3 aromatic carbocycles. The third kappa shape index (κ3) is 6.90. The second kappa shape index (κ2) is 12.1. The van der Waals surface area contributed by atoms with Crippen LogP contribution in [0.25, 0.3) is 10.8 Å². The minimum atomic E-state index is -4.58. The number of hydrogen-bond donors (Lipinski definition) is 4. The van der Waals surface area contributed by atoms with E-state index in [0.717, 1.165) is 18.2 Å². The van der Waals surface area contributed by atoms with Crippen molar-refractivity contribution < 1.29 is 22.7 Å². The molecule has 0 aliphatic carbocycles. The third-order valence-electron chi connectivity index (χ3n) is 7.72. The van der Waals surface area contributed by atoms with Crippen molar-refractivity contribution in [2.24, 2.45) is 11.5 Å². The van der Waals surface area contributed by atoms with Crippen LogP contribution in [0.1, 0.15) is 58.1 Å². The van der Waals surface area contributed by atoms with Gasteiger partial charge in [-0.1, -0.05) is 48.5 Å². The highest BCUT2D eigenvalue weighted by atomic mass is 32.2. The molecule has 3 aromatic rings. The molecule has 6 N–H and O–H groups in total. The van der Waals surface area contributed by atoms with Crippen molar-refractivity contribution in [2.75, 3.05) is 13.1 Å². The van der Waals surface area contributed by atoms with Crippen molar-refractivity contribution in [3.63, 3.8) is 0 Å². The van der Waals surface area contributed by atoms with Gasteiger partial charge >= 0.3 is 5.97 Å². The minimum absolute atomic E-state index is 0.122. The molecule has 2 atom stereocenters. The summed E-state index contributed by atoms with van der Waals surface area (Å²) in [6.07, 6.45) is 1.68. The Morgan fingerprint density at radius 3 is 2.35 bits per heavy atom. The summed E-state index contributed by atoms with van der Waals surface area (Å²) in [4.78, 5) is 26.5. The Labute approximate surface area is 253 Å². The number of carbonyl (C=O) groups is 2. The van der Waals surface area contributed by atoms with E-state index in [-0.39, 0.29) is 10.7 Å². The quantitative estimate of drug-likeness (QED) is 0.163. The lowest BCUT2D eigenvalue weighted by atomic mass is 9.95. The van der Waals surface area contributed by atoms with Gasteiger partial charge in [0.15, 0.2) is 0 Å². The number of benzene rings is 3. The van der Waals surface area contributed by atoms with Gasteiger partial charge in [0.25, 0.3) is 5.91 Å². The Morgan fingerprint density at radius 2 is 1.72 bits per heavy atom. The van der Waals surface area contributed by atoms with E-state index in [0.29, 0.717) is 29.5 Å². The van der Waals surface area contributed by atoms with Gasteiger partial charge < -0.3 is 21.1 Å². The van der Waals surface area contributed by atoms with Crippen molar-refractivity contribution in [1.82, 2.24) is 10.2 Å². The van der Waals surface area contributed by atoms with Crippen LogP contribution >= 0.6 is 0 Å². The molecule has 0 spiro atoms. The SMILES string of the molecule is CC(C)(C)OC(=O)CN(C(=O)[C@@](N)(Cc1cccc(C(=N)N)c1)S(=O)(=O)c1ccc2ccccc2c1)C1(C)CCCCN1. The molecule has 1 aliphatic rings. The maximum atomic E-state index is 14.8. The van der Waals surface area contributed by atoms with Crippen LogP contribution in [-0.2, 0) is 30.6 Å². The Kier molecular flexibility index (Phi) is 9.01. The van der Waals surface area contributed by atoms with Crippen LogP contribution in [0.3, 0.4) is 0 Å². The molecule has 0 saturated carbocycles. The maximum absolute atomic E-state index is 14.8. The van der Waals surface area contributed by atoms with E-state index in [1.807, 2.05) is 12.1 Å². The van der Waals surface area contributed by atoms with Crippen molar-refractivity contribution in [3.8, 4) is 0 Å². The van der Waals surface area contributed by atoms with Crippen LogP contribution in [0, 0.1) is 5.41 Å². The summed E-state index contributed by atoms with van der Waals surface area (Å²) in [5, 5.41) is 12.7. The molecule has 1 heterocycles. The van der Waals surface area contributed by atoms with Gasteiger partial charge in [0.2, 0.25) is 14.7 Å². The number of fused-ring (bicyclic) bond motifs is 1. The molecular formula is C32H41N5O5S. The first-order valence-corrected chi connectivity index (χ1v) is 15.8. The number of esters is 1. The number of rotatable bonds is 9. The third-order valence-corrected chi connectivity index (χ3v) is 9.87. The molecule has 1 unspecified atom stereocenters. The maximum Gasteiger partial charge on any atom is 0.326 e. The summed E-state index contributed by atoms with van der Waals surface area (Å²) < 4.78 is 34.7. The predicted octanol–water partition coefficient (Wildman–Crippen LogP) is 3.46. The van der Waals surface area contributed by atoms with E-state index in [2.05, 4.69) is 5.32 Å². The zero-order valence-electron chi connectivity index (χ0n) is 25.1. The lowest BCUT2D eigenvalue weighted by Crippen LogP contribution is -2.70. The molecule has 1 fully saturated rings. The summed E-state index contributed by atoms with van der Waals surface area (Å²) >= 11 is 0. The topological polar surface area (TPSA) is 169 Å². The molecule has 0 aromatic heterocycles.